The number of hydrogen-bond acceptors (Lipinski definition) is 4. The Bertz CT molecular complexity index is 685. The van der Waals surface area contributed by atoms with Crippen LogP contribution in [0.2, 0.25) is 0 Å². The second kappa shape index (κ2) is 5.31. The van der Waals surface area contributed by atoms with E-state index < -0.39 is 28.1 Å². The van der Waals surface area contributed by atoms with E-state index >= 15 is 0 Å². The monoisotopic (exact) mass is 299 g/mol. The van der Waals surface area contributed by atoms with Gasteiger partial charge in [-0.3, -0.25) is 10.1 Å². The summed E-state index contributed by atoms with van der Waals surface area (Å²) < 4.78 is 42.8. The molecule has 0 saturated carbocycles. The van der Waals surface area contributed by atoms with E-state index in [1.807, 2.05) is 0 Å². The normalized spacial score (nSPS) is 11.2. The van der Waals surface area contributed by atoms with Crippen molar-refractivity contribution in [1.29, 1.82) is 0 Å². The summed E-state index contributed by atoms with van der Waals surface area (Å²) in [5.74, 6) is -0.776. The zero-order chi connectivity index (χ0) is 15.6. The molecule has 5 nitrogen and oxygen atoms in total. The molecule has 0 aliphatic carbocycles. The summed E-state index contributed by atoms with van der Waals surface area (Å²) >= 11 is 0. The third-order valence-electron chi connectivity index (χ3n) is 2.57. The molecular weight excluding hydrogens is 291 g/mol. The molecule has 2 rings (SSSR count). The molecule has 0 atom stereocenters. The van der Waals surface area contributed by atoms with Crippen molar-refractivity contribution in [2.45, 2.75) is 6.18 Å². The van der Waals surface area contributed by atoms with Crippen molar-refractivity contribution >= 4 is 5.69 Å². The van der Waals surface area contributed by atoms with Crippen LogP contribution < -0.4 is 4.74 Å². The predicted molar refractivity (Wildman–Crippen MR) is 66.3 cm³/mol. The number of hydrogen-bond donors (Lipinski definition) is 1. The number of nitro groups is 1. The van der Waals surface area contributed by atoms with E-state index in [9.17, 15) is 28.4 Å². The number of halogens is 3. The van der Waals surface area contributed by atoms with E-state index in [1.54, 1.807) is 0 Å². The molecule has 0 aliphatic rings. The molecule has 0 aromatic heterocycles. The third kappa shape index (κ3) is 3.22. The summed E-state index contributed by atoms with van der Waals surface area (Å²) in [5.41, 5.74) is -1.99. The van der Waals surface area contributed by atoms with Gasteiger partial charge in [0.25, 0.3) is 0 Å². The van der Waals surface area contributed by atoms with Gasteiger partial charge in [-0.2, -0.15) is 13.2 Å². The lowest BCUT2D eigenvalue weighted by Crippen LogP contribution is -2.06. The smallest absolute Gasteiger partial charge is 0.416 e. The Hall–Kier alpha value is -2.77. The van der Waals surface area contributed by atoms with E-state index in [4.69, 9.17) is 4.74 Å². The largest absolute Gasteiger partial charge is 0.504 e. The van der Waals surface area contributed by atoms with Crippen molar-refractivity contribution in [2.24, 2.45) is 0 Å². The lowest BCUT2D eigenvalue weighted by molar-refractivity contribution is -0.385. The standard InChI is InChI=1S/C13H8F3NO4/c14-13(15,16)8-5-6-11(9(7-8)17(19)20)21-12-4-2-1-3-10(12)18/h1-7,18H. The SMILES string of the molecule is O=[N+]([O-])c1cc(C(F)(F)F)ccc1Oc1ccccc1O. The van der Waals surface area contributed by atoms with Crippen LogP contribution >= 0.6 is 0 Å². The van der Waals surface area contributed by atoms with Gasteiger partial charge in [0, 0.05) is 6.07 Å². The van der Waals surface area contributed by atoms with Crippen molar-refractivity contribution < 1.29 is 27.9 Å². The number of alkyl halides is 3. The fourth-order valence-electron chi connectivity index (χ4n) is 1.58. The molecule has 1 N–H and O–H groups in total. The molecule has 0 bridgehead atoms. The molecule has 0 unspecified atom stereocenters. The van der Waals surface area contributed by atoms with Gasteiger partial charge in [0.1, 0.15) is 0 Å². The summed E-state index contributed by atoms with van der Waals surface area (Å²) in [6, 6.07) is 7.52. The molecule has 0 fully saturated rings. The van der Waals surface area contributed by atoms with Crippen molar-refractivity contribution in [1.82, 2.24) is 0 Å². The first-order valence-electron chi connectivity index (χ1n) is 5.60. The molecule has 0 aliphatic heterocycles. The number of para-hydroxylation sites is 2. The van der Waals surface area contributed by atoms with Crippen LogP contribution in [0.1, 0.15) is 5.56 Å². The van der Waals surface area contributed by atoms with Crippen LogP contribution in [0.15, 0.2) is 42.5 Å². The zero-order valence-corrected chi connectivity index (χ0v) is 10.3. The first-order valence-corrected chi connectivity index (χ1v) is 5.60. The molecule has 0 radical (unpaired) electrons. The Morgan fingerprint density at radius 1 is 1.10 bits per heavy atom. The van der Waals surface area contributed by atoms with E-state index in [2.05, 4.69) is 0 Å². The van der Waals surface area contributed by atoms with Crippen LogP contribution in [0, 0.1) is 10.1 Å². The highest BCUT2D eigenvalue weighted by molar-refractivity contribution is 5.52. The fraction of sp³-hybridized carbons (Fsp3) is 0.0769. The minimum absolute atomic E-state index is 0.0969. The number of phenolic OH excluding ortho intramolecular Hbond substituents is 1. The molecule has 21 heavy (non-hydrogen) atoms. The van der Waals surface area contributed by atoms with Crippen LogP contribution in [0.3, 0.4) is 0 Å². The highest BCUT2D eigenvalue weighted by Crippen LogP contribution is 2.39. The van der Waals surface area contributed by atoms with Crippen LogP contribution in [0.5, 0.6) is 17.2 Å². The molecule has 8 heteroatoms. The van der Waals surface area contributed by atoms with Gasteiger partial charge < -0.3 is 9.84 Å². The predicted octanol–water partition coefficient (Wildman–Crippen LogP) is 4.11. The molecule has 0 saturated heterocycles. The molecule has 0 amide bonds. The van der Waals surface area contributed by atoms with Gasteiger partial charge in [-0.25, -0.2) is 0 Å². The Balaban J connectivity index is 2.45. The molecule has 110 valence electrons. The van der Waals surface area contributed by atoms with Crippen LogP contribution in [0.4, 0.5) is 18.9 Å². The second-order valence-electron chi connectivity index (χ2n) is 4.01. The second-order valence-corrected chi connectivity index (χ2v) is 4.01. The number of ether oxygens (including phenoxy) is 1. The van der Waals surface area contributed by atoms with Gasteiger partial charge in [0.2, 0.25) is 5.75 Å². The summed E-state index contributed by atoms with van der Waals surface area (Å²) in [6.45, 7) is 0. The molecule has 0 heterocycles. The highest BCUT2D eigenvalue weighted by atomic mass is 19.4. The van der Waals surface area contributed by atoms with Crippen LogP contribution in [-0.2, 0) is 6.18 Å². The molecule has 0 spiro atoms. The minimum atomic E-state index is -4.70. The molecule has 2 aromatic carbocycles. The zero-order valence-electron chi connectivity index (χ0n) is 10.3. The van der Waals surface area contributed by atoms with E-state index in [1.165, 1.54) is 24.3 Å². The van der Waals surface area contributed by atoms with Crippen molar-refractivity contribution in [2.75, 3.05) is 0 Å². The average molecular weight is 299 g/mol. The summed E-state index contributed by atoms with van der Waals surface area (Å²) in [4.78, 5) is 9.89. The first-order chi connectivity index (χ1) is 9.79. The van der Waals surface area contributed by atoms with Crippen molar-refractivity contribution in [3.63, 3.8) is 0 Å². The van der Waals surface area contributed by atoms with E-state index in [-0.39, 0.29) is 11.5 Å². The maximum Gasteiger partial charge on any atom is 0.416 e. The van der Waals surface area contributed by atoms with Gasteiger partial charge in [0.05, 0.1) is 10.5 Å². The molecule has 2 aromatic rings. The fourth-order valence-corrected chi connectivity index (χ4v) is 1.58. The van der Waals surface area contributed by atoms with E-state index in [0.717, 1.165) is 6.07 Å². The number of aromatic hydroxyl groups is 1. The molecular formula is C13H8F3NO4. The Morgan fingerprint density at radius 3 is 2.33 bits per heavy atom. The van der Waals surface area contributed by atoms with Crippen LogP contribution in [0.25, 0.3) is 0 Å². The maximum atomic E-state index is 12.6. The summed E-state index contributed by atoms with van der Waals surface area (Å²) in [5, 5.41) is 20.4. The lowest BCUT2D eigenvalue weighted by Gasteiger charge is -2.10. The Kier molecular flexibility index (Phi) is 3.70. The minimum Gasteiger partial charge on any atom is -0.504 e. The highest BCUT2D eigenvalue weighted by Gasteiger charge is 2.33. The van der Waals surface area contributed by atoms with Gasteiger partial charge in [-0.05, 0) is 24.3 Å². The van der Waals surface area contributed by atoms with Gasteiger partial charge in [-0.1, -0.05) is 12.1 Å². The number of benzene rings is 2. The van der Waals surface area contributed by atoms with Crippen molar-refractivity contribution in [3.05, 3.63) is 58.1 Å². The lowest BCUT2D eigenvalue weighted by atomic mass is 10.2. The Morgan fingerprint density at radius 2 is 1.76 bits per heavy atom. The number of phenols is 1. The third-order valence-corrected chi connectivity index (χ3v) is 2.57. The quantitative estimate of drug-likeness (QED) is 0.683. The average Bonchev–Trinajstić information content (AvgIpc) is 2.40. The Labute approximate surface area is 116 Å². The van der Waals surface area contributed by atoms with Gasteiger partial charge >= 0.3 is 11.9 Å². The summed E-state index contributed by atoms with van der Waals surface area (Å²) in [7, 11) is 0. The number of nitro benzene ring substituents is 1. The first kappa shape index (κ1) is 14.6. The summed E-state index contributed by atoms with van der Waals surface area (Å²) in [6.07, 6.45) is -4.70. The maximum absolute atomic E-state index is 12.6. The van der Waals surface area contributed by atoms with Crippen molar-refractivity contribution in [3.8, 4) is 17.2 Å². The van der Waals surface area contributed by atoms with Gasteiger partial charge in [0.15, 0.2) is 11.5 Å². The number of nitrogens with zero attached hydrogens (tertiary/aromatic N) is 1. The van der Waals surface area contributed by atoms with Gasteiger partial charge in [-0.15, -0.1) is 0 Å². The van der Waals surface area contributed by atoms with Crippen LogP contribution in [-0.4, -0.2) is 10.0 Å². The number of rotatable bonds is 3. The topological polar surface area (TPSA) is 72.6 Å². The van der Waals surface area contributed by atoms with E-state index in [0.29, 0.717) is 12.1 Å².